The fraction of sp³-hybridized carbons (Fsp3) is 0.765. The lowest BCUT2D eigenvalue weighted by Crippen LogP contribution is -2.49. The van der Waals surface area contributed by atoms with Crippen LogP contribution in [0, 0.1) is 27.1 Å². The first-order chi connectivity index (χ1) is 25.5. The number of ether oxygens (including phenoxy) is 4. The van der Waals surface area contributed by atoms with Gasteiger partial charge in [0.1, 0.15) is 11.5 Å². The predicted molar refractivity (Wildman–Crippen MR) is 236 cm³/mol. The summed E-state index contributed by atoms with van der Waals surface area (Å²) in [5.74, 6) is 0.776. The molecule has 2 aliphatic heterocycles. The number of aromatic hydroxyl groups is 2. The second kappa shape index (κ2) is 15.7. The van der Waals surface area contributed by atoms with Crippen molar-refractivity contribution in [3.63, 3.8) is 0 Å². The number of rotatable bonds is 10. The summed E-state index contributed by atoms with van der Waals surface area (Å²) in [4.78, 5) is 0. The Balaban J connectivity index is 1.63. The van der Waals surface area contributed by atoms with Gasteiger partial charge >= 0.3 is 0 Å². The van der Waals surface area contributed by atoms with Gasteiger partial charge in [-0.2, -0.15) is 0 Å². The Morgan fingerprint density at radius 3 is 0.772 bits per heavy atom. The highest BCUT2D eigenvalue weighted by Gasteiger charge is 2.45. The van der Waals surface area contributed by atoms with Crippen molar-refractivity contribution < 1.29 is 29.2 Å². The molecule has 6 nitrogen and oxygen atoms in total. The Morgan fingerprint density at radius 2 is 0.596 bits per heavy atom. The summed E-state index contributed by atoms with van der Waals surface area (Å²) in [6.45, 7) is 46.7. The molecule has 4 rings (SSSR count). The molecular formula is C51H84O6. The highest BCUT2D eigenvalue weighted by Crippen LogP contribution is 2.51. The number of benzene rings is 2. The van der Waals surface area contributed by atoms with Gasteiger partial charge in [-0.1, -0.05) is 138 Å². The predicted octanol–water partition coefficient (Wildman–Crippen LogP) is 13.7. The van der Waals surface area contributed by atoms with E-state index in [1.54, 1.807) is 0 Å². The van der Waals surface area contributed by atoms with Crippen LogP contribution in [0.25, 0.3) is 0 Å². The van der Waals surface area contributed by atoms with Crippen LogP contribution >= 0.6 is 0 Å². The second-order valence-electron chi connectivity index (χ2n) is 25.8. The van der Waals surface area contributed by atoms with Gasteiger partial charge in [0.05, 0.1) is 31.8 Å². The van der Waals surface area contributed by atoms with E-state index in [2.05, 4.69) is 163 Å². The van der Waals surface area contributed by atoms with Crippen molar-refractivity contribution >= 4 is 0 Å². The normalized spacial score (nSPS) is 22.3. The van der Waals surface area contributed by atoms with Gasteiger partial charge < -0.3 is 29.2 Å². The van der Waals surface area contributed by atoms with Gasteiger partial charge in [-0.25, -0.2) is 0 Å². The quantitative estimate of drug-likeness (QED) is 0.249. The smallest absolute Gasteiger partial charge is 0.183 e. The molecule has 2 aliphatic rings. The Bertz CT molecular complexity index is 1470. The third kappa shape index (κ3) is 12.0. The number of phenols is 2. The summed E-state index contributed by atoms with van der Waals surface area (Å²) in [5.41, 5.74) is 4.36. The fourth-order valence-electron chi connectivity index (χ4n) is 11.1. The van der Waals surface area contributed by atoms with E-state index in [4.69, 9.17) is 18.9 Å². The topological polar surface area (TPSA) is 77.4 Å². The summed E-state index contributed by atoms with van der Waals surface area (Å²) < 4.78 is 26.5. The first kappa shape index (κ1) is 47.6. The average Bonchev–Trinajstić information content (AvgIpc) is 2.97. The molecule has 0 atom stereocenters. The maximum Gasteiger partial charge on any atom is 0.183 e. The minimum atomic E-state index is -0.570. The third-order valence-electron chi connectivity index (χ3n) is 11.8. The molecule has 2 aromatic carbocycles. The number of phenolic OH excluding ortho intramolecular Hbond substituents is 2. The SMILES string of the molecule is CC(C)(C)CC(C)(C)c1cc(C2OCC3(CO2)COC(c2cc(C(C)(C)CC(C)(C)C)c(O)c(C(C)(C)CC(C)(C)C)c2)OC3)cc(C(C)(C)CC(C)(C)C)c1O. The summed E-state index contributed by atoms with van der Waals surface area (Å²) in [6.07, 6.45) is 2.50. The van der Waals surface area contributed by atoms with Crippen molar-refractivity contribution in [1.82, 2.24) is 0 Å². The average molecular weight is 793 g/mol. The van der Waals surface area contributed by atoms with Crippen LogP contribution in [0.1, 0.15) is 210 Å². The van der Waals surface area contributed by atoms with E-state index < -0.39 is 18.0 Å². The van der Waals surface area contributed by atoms with Crippen molar-refractivity contribution in [3.8, 4) is 11.5 Å². The van der Waals surface area contributed by atoms with Gasteiger partial charge in [-0.15, -0.1) is 0 Å². The van der Waals surface area contributed by atoms with Gasteiger partial charge in [0, 0.05) is 33.4 Å². The van der Waals surface area contributed by atoms with Gasteiger partial charge in [-0.05, 0) is 93.3 Å². The van der Waals surface area contributed by atoms with Gasteiger partial charge in [-0.3, -0.25) is 0 Å². The number of hydrogen-bond acceptors (Lipinski definition) is 6. The fourth-order valence-corrected chi connectivity index (χ4v) is 11.1. The molecule has 1 spiro atoms. The Labute approximate surface area is 349 Å². The van der Waals surface area contributed by atoms with E-state index >= 15 is 0 Å². The van der Waals surface area contributed by atoms with E-state index in [0.29, 0.717) is 37.9 Å². The lowest BCUT2D eigenvalue weighted by molar-refractivity contribution is -0.307. The standard InChI is InChI=1S/C51H84O6/c1-43(2,3)25-47(13,14)35-21-33(22-36(39(35)52)48(15,16)26-44(4,5)6)41-54-29-51(30-55-41)31-56-42(57-32-51)34-23-37(49(17,18)27-45(7,8)9)40(53)38(24-34)50(19,20)28-46(10,11)12/h21-24,41-42,52-53H,25-32H2,1-20H3. The molecule has 2 N–H and O–H groups in total. The molecule has 2 fully saturated rings. The summed E-state index contributed by atoms with van der Waals surface area (Å²) in [5, 5.41) is 24.0. The first-order valence-electron chi connectivity index (χ1n) is 21.7. The monoisotopic (exact) mass is 793 g/mol. The van der Waals surface area contributed by atoms with Crippen LogP contribution in [0.5, 0.6) is 11.5 Å². The molecule has 2 heterocycles. The van der Waals surface area contributed by atoms with Crippen LogP contribution in [0.4, 0.5) is 0 Å². The van der Waals surface area contributed by atoms with Crippen LogP contribution < -0.4 is 0 Å². The second-order valence-corrected chi connectivity index (χ2v) is 25.8. The van der Waals surface area contributed by atoms with E-state index in [0.717, 1.165) is 59.1 Å². The van der Waals surface area contributed by atoms with Gasteiger partial charge in [0.25, 0.3) is 0 Å². The third-order valence-corrected chi connectivity index (χ3v) is 11.8. The molecule has 0 saturated carbocycles. The Kier molecular flexibility index (Phi) is 13.1. The molecule has 0 amide bonds. The summed E-state index contributed by atoms with van der Waals surface area (Å²) in [6, 6.07) is 8.47. The van der Waals surface area contributed by atoms with Crippen molar-refractivity contribution in [2.24, 2.45) is 27.1 Å². The highest BCUT2D eigenvalue weighted by atomic mass is 16.7. The highest BCUT2D eigenvalue weighted by molar-refractivity contribution is 5.52. The minimum absolute atomic E-state index is 0.0740. The molecule has 0 radical (unpaired) electrons. The largest absolute Gasteiger partial charge is 0.507 e. The van der Waals surface area contributed by atoms with E-state index in [-0.39, 0.29) is 43.3 Å². The van der Waals surface area contributed by atoms with E-state index in [9.17, 15) is 10.2 Å². The zero-order valence-corrected chi connectivity index (χ0v) is 40.1. The maximum atomic E-state index is 12.0. The first-order valence-corrected chi connectivity index (χ1v) is 21.7. The molecule has 0 unspecified atom stereocenters. The van der Waals surface area contributed by atoms with Crippen molar-refractivity contribution in [2.45, 2.75) is 198 Å². The molecule has 2 saturated heterocycles. The minimum Gasteiger partial charge on any atom is -0.507 e. The number of hydrogen-bond donors (Lipinski definition) is 2. The Morgan fingerprint density at radius 1 is 0.404 bits per heavy atom. The molecule has 0 aromatic heterocycles. The van der Waals surface area contributed by atoms with Gasteiger partial charge in [0.2, 0.25) is 0 Å². The van der Waals surface area contributed by atoms with E-state index in [1.165, 1.54) is 0 Å². The zero-order valence-electron chi connectivity index (χ0n) is 40.1. The molecule has 0 aliphatic carbocycles. The van der Waals surface area contributed by atoms with Crippen LogP contribution in [0.3, 0.4) is 0 Å². The summed E-state index contributed by atoms with van der Waals surface area (Å²) >= 11 is 0. The maximum absolute atomic E-state index is 12.0. The van der Waals surface area contributed by atoms with Crippen molar-refractivity contribution in [3.05, 3.63) is 57.6 Å². The Hall–Kier alpha value is -2.12. The zero-order chi connectivity index (χ0) is 43.6. The van der Waals surface area contributed by atoms with Crippen LogP contribution in [-0.2, 0) is 40.6 Å². The van der Waals surface area contributed by atoms with Crippen molar-refractivity contribution in [1.29, 1.82) is 0 Å². The van der Waals surface area contributed by atoms with Crippen LogP contribution in [0.15, 0.2) is 24.3 Å². The molecule has 0 bridgehead atoms. The molecular weight excluding hydrogens is 709 g/mol. The van der Waals surface area contributed by atoms with Crippen LogP contribution in [-0.4, -0.2) is 36.6 Å². The molecule has 57 heavy (non-hydrogen) atoms. The molecule has 6 heteroatoms. The lowest BCUT2D eigenvalue weighted by Gasteiger charge is -2.44. The summed E-state index contributed by atoms with van der Waals surface area (Å²) in [7, 11) is 0. The van der Waals surface area contributed by atoms with E-state index in [1.807, 2.05) is 0 Å². The lowest BCUT2D eigenvalue weighted by atomic mass is 9.67. The van der Waals surface area contributed by atoms with Gasteiger partial charge in [0.15, 0.2) is 12.6 Å². The molecule has 2 aromatic rings. The van der Waals surface area contributed by atoms with Crippen LogP contribution in [0.2, 0.25) is 0 Å². The van der Waals surface area contributed by atoms with Crippen molar-refractivity contribution in [2.75, 3.05) is 26.4 Å². The molecule has 324 valence electrons.